The zero-order valence-corrected chi connectivity index (χ0v) is 4.69. The summed E-state index contributed by atoms with van der Waals surface area (Å²) in [6.45, 7) is 0. The third kappa shape index (κ3) is 6.13. The standard InChI is InChI=1S/HO5PS/c1-6(2)5-7(3)4/h(H-,1,2,3,4)/p+1. The van der Waals surface area contributed by atoms with E-state index in [1.807, 2.05) is 0 Å². The van der Waals surface area contributed by atoms with E-state index < -0.39 is 19.6 Å². The monoisotopic (exact) mass is 145 g/mol. The maximum atomic E-state index is 9.38. The third-order valence-corrected chi connectivity index (χ3v) is 1.15. The van der Waals surface area contributed by atoms with Gasteiger partial charge >= 0.3 is 19.6 Å². The lowest BCUT2D eigenvalue weighted by Gasteiger charge is -1.68. The zero-order valence-electron chi connectivity index (χ0n) is 2.97. The first-order valence-corrected chi connectivity index (χ1v) is 3.24. The van der Waals surface area contributed by atoms with E-state index in [1.165, 1.54) is 0 Å². The predicted molar refractivity (Wildman–Crippen MR) is 21.7 cm³/mol. The predicted octanol–water partition coefficient (Wildman–Crippen LogP) is -0.211. The van der Waals surface area contributed by atoms with Crippen molar-refractivity contribution >= 4 is 19.6 Å². The molecule has 0 aromatic rings. The summed E-state index contributed by atoms with van der Waals surface area (Å²) in [4.78, 5) is 7.66. The molecule has 0 aromatic heterocycles. The molecule has 5 nitrogen and oxygen atoms in total. The molecule has 0 spiro atoms. The molecule has 42 valence electrons. The van der Waals surface area contributed by atoms with Crippen molar-refractivity contribution in [2.45, 2.75) is 0 Å². The van der Waals surface area contributed by atoms with Gasteiger partial charge in [0.25, 0.3) is 0 Å². The van der Waals surface area contributed by atoms with Gasteiger partial charge in [0.05, 0.1) is 0 Å². The smallest absolute Gasteiger partial charge is 0.281 e. The van der Waals surface area contributed by atoms with Gasteiger partial charge in [-0.25, -0.2) is 0 Å². The fourth-order valence-electron chi connectivity index (χ4n) is 0.0545. The minimum atomic E-state index is -2.94. The quantitative estimate of drug-likeness (QED) is 0.414. The summed E-state index contributed by atoms with van der Waals surface area (Å²) < 4.78 is 29.7. The summed E-state index contributed by atoms with van der Waals surface area (Å²) >= 11 is -2.63. The Kier molecular flexibility index (Phi) is 3.23. The molecule has 0 bridgehead atoms. The summed E-state index contributed by atoms with van der Waals surface area (Å²) in [7, 11) is -2.94. The summed E-state index contributed by atoms with van der Waals surface area (Å²) in [5, 5.41) is 0. The Morgan fingerprint density at radius 2 is 2.14 bits per heavy atom. The van der Waals surface area contributed by atoms with Gasteiger partial charge in [0.1, 0.15) is 0 Å². The molecule has 0 fully saturated rings. The maximum Gasteiger partial charge on any atom is 0.712 e. The second kappa shape index (κ2) is 3.17. The zero-order chi connectivity index (χ0) is 5.86. The van der Waals surface area contributed by atoms with Crippen LogP contribution >= 0.6 is 8.25 Å². The number of hydrogen-bond donors (Lipinski definition) is 2. The molecule has 2 atom stereocenters. The molecule has 0 aromatic carbocycles. The lowest BCUT2D eigenvalue weighted by atomic mass is 15.8. The van der Waals surface area contributed by atoms with Crippen LogP contribution in [-0.4, -0.2) is 13.7 Å². The molecule has 7 heteroatoms. The topological polar surface area (TPSA) is 83.8 Å². The van der Waals surface area contributed by atoms with Gasteiger partial charge in [0.15, 0.2) is 0 Å². The second-order valence-electron chi connectivity index (χ2n) is 0.529. The lowest BCUT2D eigenvalue weighted by Crippen LogP contribution is -1.83. The maximum absolute atomic E-state index is 9.38. The fourth-order valence-corrected chi connectivity index (χ4v) is 0.491. The van der Waals surface area contributed by atoms with Gasteiger partial charge in [0, 0.05) is 8.54 Å². The van der Waals surface area contributed by atoms with E-state index in [2.05, 4.69) is 3.97 Å². The summed E-state index contributed by atoms with van der Waals surface area (Å²) in [6, 6.07) is 0. The van der Waals surface area contributed by atoms with E-state index in [9.17, 15) is 8.77 Å². The van der Waals surface area contributed by atoms with Crippen molar-refractivity contribution < 1.29 is 22.2 Å². The normalized spacial score (nSPS) is 16.0. The molecule has 0 heterocycles. The van der Waals surface area contributed by atoms with Crippen LogP contribution in [0.15, 0.2) is 0 Å². The van der Waals surface area contributed by atoms with E-state index in [4.69, 9.17) is 9.45 Å². The highest BCUT2D eigenvalue weighted by atomic mass is 32.2. The summed E-state index contributed by atoms with van der Waals surface area (Å²) in [5.41, 5.74) is 0. The Labute approximate surface area is 42.7 Å². The minimum absolute atomic E-state index is 2.63. The van der Waals surface area contributed by atoms with Crippen LogP contribution in [0.1, 0.15) is 0 Å². The highest BCUT2D eigenvalue weighted by molar-refractivity contribution is 7.78. The molecule has 0 saturated heterocycles. The molecule has 0 rings (SSSR count). The highest BCUT2D eigenvalue weighted by Crippen LogP contribution is 2.14. The first-order valence-electron chi connectivity index (χ1n) is 1.08. The molecular weight excluding hydrogens is 143 g/mol. The van der Waals surface area contributed by atoms with E-state index >= 15 is 0 Å². The minimum Gasteiger partial charge on any atom is -0.281 e. The van der Waals surface area contributed by atoms with Crippen LogP contribution in [0.25, 0.3) is 0 Å². The van der Waals surface area contributed by atoms with Crippen LogP contribution in [0.5, 0.6) is 0 Å². The molecule has 0 saturated carbocycles. The summed E-state index contributed by atoms with van der Waals surface area (Å²) in [5.74, 6) is 0. The average molecular weight is 145 g/mol. The second-order valence-corrected chi connectivity index (χ2v) is 2.04. The van der Waals surface area contributed by atoms with Crippen LogP contribution in [0, 0.1) is 0 Å². The van der Waals surface area contributed by atoms with Crippen LogP contribution in [0.2, 0.25) is 0 Å². The first kappa shape index (κ1) is 7.13. The highest BCUT2D eigenvalue weighted by Gasteiger charge is 2.16. The molecule has 2 unspecified atom stereocenters. The van der Waals surface area contributed by atoms with E-state index in [0.29, 0.717) is 0 Å². The van der Waals surface area contributed by atoms with Gasteiger partial charge in [-0.2, -0.15) is 4.21 Å². The molecule has 0 radical (unpaired) electrons. The number of rotatable bonds is 2. The van der Waals surface area contributed by atoms with Gasteiger partial charge < -0.3 is 0 Å². The third-order valence-electron chi connectivity index (χ3n) is 0.128. The van der Waals surface area contributed by atoms with Gasteiger partial charge in [-0.3, -0.25) is 4.55 Å². The van der Waals surface area contributed by atoms with Gasteiger partial charge in [0.2, 0.25) is 0 Å². The van der Waals surface area contributed by atoms with Crippen molar-refractivity contribution in [3.8, 4) is 0 Å². The van der Waals surface area contributed by atoms with Crippen LogP contribution in [-0.2, 0) is 19.9 Å². The van der Waals surface area contributed by atoms with Gasteiger partial charge in [-0.15, -0.1) is 4.89 Å². The van der Waals surface area contributed by atoms with Crippen molar-refractivity contribution in [1.82, 2.24) is 0 Å². The Morgan fingerprint density at radius 1 is 1.71 bits per heavy atom. The molecular formula is H2O5PS+. The Hall–Kier alpha value is 0.130. The summed E-state index contributed by atoms with van der Waals surface area (Å²) in [6.07, 6.45) is 0. The van der Waals surface area contributed by atoms with Gasteiger partial charge in [-0.05, 0) is 0 Å². The van der Waals surface area contributed by atoms with Crippen molar-refractivity contribution in [3.63, 3.8) is 0 Å². The van der Waals surface area contributed by atoms with Crippen molar-refractivity contribution in [2.24, 2.45) is 0 Å². The van der Waals surface area contributed by atoms with Gasteiger partial charge in [-0.1, -0.05) is 0 Å². The SMILES string of the molecule is O=[P+](O)OS(=O)O. The molecule has 7 heavy (non-hydrogen) atoms. The Morgan fingerprint density at radius 3 is 2.14 bits per heavy atom. The lowest BCUT2D eigenvalue weighted by molar-refractivity contribution is 0.394. The molecule has 2 N–H and O–H groups in total. The molecule has 0 aliphatic carbocycles. The molecule has 0 aliphatic heterocycles. The van der Waals surface area contributed by atoms with Crippen LogP contribution < -0.4 is 0 Å². The van der Waals surface area contributed by atoms with E-state index in [-0.39, 0.29) is 0 Å². The van der Waals surface area contributed by atoms with Crippen molar-refractivity contribution in [3.05, 3.63) is 0 Å². The molecule has 0 amide bonds. The average Bonchev–Trinajstić information content (AvgIpc) is 1.27. The molecule has 0 aliphatic rings. The Bertz CT molecular complexity index is 84.3. The van der Waals surface area contributed by atoms with Crippen LogP contribution in [0.3, 0.4) is 0 Å². The van der Waals surface area contributed by atoms with E-state index in [1.54, 1.807) is 0 Å². The Balaban J connectivity index is 3.32. The van der Waals surface area contributed by atoms with Crippen molar-refractivity contribution in [1.29, 1.82) is 0 Å². The first-order chi connectivity index (χ1) is 3.13. The fraction of sp³-hybridized carbons (Fsp3) is 0. The van der Waals surface area contributed by atoms with E-state index in [0.717, 1.165) is 0 Å². The van der Waals surface area contributed by atoms with Crippen molar-refractivity contribution in [2.75, 3.05) is 0 Å². The largest absolute Gasteiger partial charge is 0.712 e. The van der Waals surface area contributed by atoms with Crippen LogP contribution in [0.4, 0.5) is 0 Å². The number of hydrogen-bond acceptors (Lipinski definition) is 3.